The zero-order valence-electron chi connectivity index (χ0n) is 16.1. The van der Waals surface area contributed by atoms with Crippen LogP contribution in [0.2, 0.25) is 5.02 Å². The van der Waals surface area contributed by atoms with Gasteiger partial charge in [0.05, 0.1) is 28.6 Å². The molecule has 1 aromatic carbocycles. The van der Waals surface area contributed by atoms with Gasteiger partial charge in [0.25, 0.3) is 0 Å². The molecule has 0 aliphatic carbocycles. The van der Waals surface area contributed by atoms with Gasteiger partial charge in [-0.05, 0) is 49.6 Å². The molecule has 0 unspecified atom stereocenters. The van der Waals surface area contributed by atoms with Crippen molar-refractivity contribution >= 4 is 28.9 Å². The quantitative estimate of drug-likeness (QED) is 0.794. The molecule has 1 saturated heterocycles. The van der Waals surface area contributed by atoms with Gasteiger partial charge in [-0.15, -0.1) is 0 Å². The van der Waals surface area contributed by atoms with Crippen LogP contribution in [0.25, 0.3) is 0 Å². The van der Waals surface area contributed by atoms with Crippen molar-refractivity contribution in [2.75, 3.05) is 43.0 Å². The standard InChI is InChI=1S/C22H25ClN4O/c1-25-20-8-2-5-15-16-13-26(11-4-7-18-17(23)6-3-10-24-18)12-9-19(16)27(22(15)20)14-21(25)28/h2-3,5-6,8,10,16,19H,4,7,9,11-14H2,1H3/t16-,19-/m0/s1. The first kappa shape index (κ1) is 18.0. The highest BCUT2D eigenvalue weighted by Gasteiger charge is 2.46. The monoisotopic (exact) mass is 396 g/mol. The Hall–Kier alpha value is -2.11. The lowest BCUT2D eigenvalue weighted by Gasteiger charge is -2.41. The number of amides is 1. The molecule has 2 aromatic rings. The highest BCUT2D eigenvalue weighted by atomic mass is 35.5. The maximum atomic E-state index is 12.4. The molecule has 0 N–H and O–H groups in total. The van der Waals surface area contributed by atoms with Crippen LogP contribution in [0, 0.1) is 0 Å². The molecule has 0 saturated carbocycles. The molecule has 1 amide bonds. The Labute approximate surface area is 170 Å². The fourth-order valence-corrected chi connectivity index (χ4v) is 5.36. The molecule has 0 spiro atoms. The molecule has 28 heavy (non-hydrogen) atoms. The number of fused-ring (bicyclic) bond motifs is 3. The summed E-state index contributed by atoms with van der Waals surface area (Å²) in [5.74, 6) is 0.682. The van der Waals surface area contributed by atoms with Crippen LogP contribution < -0.4 is 9.80 Å². The summed E-state index contributed by atoms with van der Waals surface area (Å²) >= 11 is 6.24. The van der Waals surface area contributed by atoms with Crippen LogP contribution in [0.4, 0.5) is 11.4 Å². The Bertz CT molecular complexity index is 917. The van der Waals surface area contributed by atoms with Crippen molar-refractivity contribution in [3.8, 4) is 0 Å². The molecule has 3 aliphatic heterocycles. The average Bonchev–Trinajstić information content (AvgIpc) is 3.02. The zero-order valence-corrected chi connectivity index (χ0v) is 16.9. The van der Waals surface area contributed by atoms with Crippen molar-refractivity contribution in [2.45, 2.75) is 31.2 Å². The Balaban J connectivity index is 1.30. The van der Waals surface area contributed by atoms with Crippen LogP contribution in [0.15, 0.2) is 36.5 Å². The molecule has 5 rings (SSSR count). The predicted molar refractivity (Wildman–Crippen MR) is 112 cm³/mol. The summed E-state index contributed by atoms with van der Waals surface area (Å²) in [6, 6.07) is 10.7. The molecule has 4 heterocycles. The average molecular weight is 397 g/mol. The number of halogens is 1. The largest absolute Gasteiger partial charge is 0.357 e. The van der Waals surface area contributed by atoms with Crippen molar-refractivity contribution in [2.24, 2.45) is 0 Å². The Morgan fingerprint density at radius 3 is 3.00 bits per heavy atom. The first-order valence-corrected chi connectivity index (χ1v) is 10.5. The van der Waals surface area contributed by atoms with E-state index in [0.29, 0.717) is 18.5 Å². The van der Waals surface area contributed by atoms with E-state index >= 15 is 0 Å². The van der Waals surface area contributed by atoms with Gasteiger partial charge in [0.2, 0.25) is 5.91 Å². The third kappa shape index (κ3) is 2.88. The van der Waals surface area contributed by atoms with Crippen molar-refractivity contribution in [3.05, 3.63) is 52.8 Å². The summed E-state index contributed by atoms with van der Waals surface area (Å²) in [7, 11) is 1.90. The number of likely N-dealkylation sites (tertiary alicyclic amines) is 1. The first-order valence-electron chi connectivity index (χ1n) is 10.1. The van der Waals surface area contributed by atoms with Crippen LogP contribution in [0.5, 0.6) is 0 Å². The second-order valence-electron chi connectivity index (χ2n) is 8.09. The van der Waals surface area contributed by atoms with E-state index in [9.17, 15) is 4.79 Å². The summed E-state index contributed by atoms with van der Waals surface area (Å²) in [6.45, 7) is 3.72. The number of nitrogens with zero attached hydrogens (tertiary/aromatic N) is 4. The van der Waals surface area contributed by atoms with Gasteiger partial charge in [-0.2, -0.15) is 0 Å². The normalized spacial score (nSPS) is 23.7. The van der Waals surface area contributed by atoms with E-state index < -0.39 is 0 Å². The number of aromatic nitrogens is 1. The van der Waals surface area contributed by atoms with Crippen LogP contribution in [-0.4, -0.2) is 55.1 Å². The lowest BCUT2D eigenvalue weighted by atomic mass is 9.89. The maximum absolute atomic E-state index is 12.4. The Morgan fingerprint density at radius 1 is 1.25 bits per heavy atom. The molecule has 5 nitrogen and oxygen atoms in total. The minimum atomic E-state index is 0.194. The molecule has 0 radical (unpaired) electrons. The Morgan fingerprint density at radius 2 is 2.14 bits per heavy atom. The van der Waals surface area contributed by atoms with E-state index in [2.05, 4.69) is 33.0 Å². The number of anilines is 2. The number of carbonyl (C=O) groups is 1. The van der Waals surface area contributed by atoms with Crippen LogP contribution in [-0.2, 0) is 11.2 Å². The molecule has 0 bridgehead atoms. The van der Waals surface area contributed by atoms with Crippen LogP contribution in [0.3, 0.4) is 0 Å². The SMILES string of the molecule is CN1C(=O)CN2c3c(cccc31)[C@@H]1CN(CCCc3ncccc3Cl)CC[C@@H]12. The van der Waals surface area contributed by atoms with Gasteiger partial charge in [-0.3, -0.25) is 9.78 Å². The van der Waals surface area contributed by atoms with Gasteiger partial charge in [0, 0.05) is 38.3 Å². The van der Waals surface area contributed by atoms with E-state index in [-0.39, 0.29) is 5.91 Å². The van der Waals surface area contributed by atoms with E-state index in [0.717, 1.165) is 55.3 Å². The second kappa shape index (κ2) is 7.05. The molecule has 2 atom stereocenters. The lowest BCUT2D eigenvalue weighted by Crippen LogP contribution is -2.51. The van der Waals surface area contributed by atoms with Gasteiger partial charge in [0.1, 0.15) is 0 Å². The smallest absolute Gasteiger partial charge is 0.246 e. The number of hydrogen-bond donors (Lipinski definition) is 0. The van der Waals surface area contributed by atoms with Crippen LogP contribution >= 0.6 is 11.6 Å². The van der Waals surface area contributed by atoms with Gasteiger partial charge in [-0.25, -0.2) is 0 Å². The third-order valence-electron chi connectivity index (χ3n) is 6.56. The predicted octanol–water partition coefficient (Wildman–Crippen LogP) is 3.32. The molecular formula is C22H25ClN4O. The molecule has 1 fully saturated rings. The van der Waals surface area contributed by atoms with E-state index in [1.165, 1.54) is 11.3 Å². The highest BCUT2D eigenvalue weighted by Crippen LogP contribution is 2.50. The molecule has 3 aliphatic rings. The summed E-state index contributed by atoms with van der Waals surface area (Å²) in [6.07, 6.45) is 4.90. The maximum Gasteiger partial charge on any atom is 0.246 e. The topological polar surface area (TPSA) is 39.7 Å². The number of hydrogen-bond acceptors (Lipinski definition) is 4. The van der Waals surface area contributed by atoms with Crippen molar-refractivity contribution in [3.63, 3.8) is 0 Å². The summed E-state index contributed by atoms with van der Waals surface area (Å²) < 4.78 is 0. The fraction of sp³-hybridized carbons (Fsp3) is 0.455. The number of rotatable bonds is 4. The van der Waals surface area contributed by atoms with Gasteiger partial charge < -0.3 is 14.7 Å². The first-order chi connectivity index (χ1) is 13.6. The van der Waals surface area contributed by atoms with Gasteiger partial charge in [0.15, 0.2) is 0 Å². The fourth-order valence-electron chi connectivity index (χ4n) is 5.14. The van der Waals surface area contributed by atoms with Crippen molar-refractivity contribution < 1.29 is 4.79 Å². The number of carbonyl (C=O) groups excluding carboxylic acids is 1. The Kier molecular flexibility index (Phi) is 4.52. The molecular weight excluding hydrogens is 372 g/mol. The van der Waals surface area contributed by atoms with Gasteiger partial charge in [-0.1, -0.05) is 23.7 Å². The molecule has 6 heteroatoms. The molecule has 146 valence electrons. The van der Waals surface area contributed by atoms with E-state index in [1.807, 2.05) is 30.3 Å². The summed E-state index contributed by atoms with van der Waals surface area (Å²) in [4.78, 5) is 23.6. The number of aryl methyl sites for hydroxylation is 1. The third-order valence-corrected chi connectivity index (χ3v) is 6.90. The second-order valence-corrected chi connectivity index (χ2v) is 8.50. The van der Waals surface area contributed by atoms with E-state index in [4.69, 9.17) is 11.6 Å². The van der Waals surface area contributed by atoms with E-state index in [1.54, 1.807) is 0 Å². The number of pyridine rings is 1. The lowest BCUT2D eigenvalue weighted by molar-refractivity contribution is -0.117. The number of para-hydroxylation sites is 1. The van der Waals surface area contributed by atoms with Crippen LogP contribution in [0.1, 0.15) is 30.0 Å². The minimum absolute atomic E-state index is 0.194. The zero-order chi connectivity index (χ0) is 19.3. The van der Waals surface area contributed by atoms with Gasteiger partial charge >= 0.3 is 0 Å². The number of piperidine rings is 1. The van der Waals surface area contributed by atoms with Crippen molar-refractivity contribution in [1.29, 1.82) is 0 Å². The van der Waals surface area contributed by atoms with Crippen molar-refractivity contribution in [1.82, 2.24) is 9.88 Å². The summed E-state index contributed by atoms with van der Waals surface area (Å²) in [5, 5.41) is 0.765. The molecule has 1 aromatic heterocycles. The highest BCUT2D eigenvalue weighted by molar-refractivity contribution is 6.31. The minimum Gasteiger partial charge on any atom is -0.357 e. The summed E-state index contributed by atoms with van der Waals surface area (Å²) in [5.41, 5.74) is 4.77. The number of likely N-dealkylation sites (N-methyl/N-ethyl adjacent to an activating group) is 1. The number of benzene rings is 1.